The maximum absolute atomic E-state index is 10.2. The Morgan fingerprint density at radius 3 is 2.60 bits per heavy atom. The number of aliphatic imine (C=N–C) groups is 1. The predicted octanol–water partition coefficient (Wildman–Crippen LogP) is 2.10. The van der Waals surface area contributed by atoms with E-state index >= 15 is 0 Å². The van der Waals surface area contributed by atoms with Crippen LogP contribution in [0.3, 0.4) is 0 Å². The van der Waals surface area contributed by atoms with Crippen LogP contribution < -0.4 is 9.47 Å². The van der Waals surface area contributed by atoms with E-state index in [-0.39, 0.29) is 6.04 Å². The molecular weight excluding hydrogens is 194 g/mol. The summed E-state index contributed by atoms with van der Waals surface area (Å²) in [5, 5.41) is 0. The minimum absolute atomic E-state index is 0.285. The Hall–Kier alpha value is -1.80. The fourth-order valence-electron chi connectivity index (χ4n) is 1.39. The molecule has 1 rings (SSSR count). The minimum Gasteiger partial charge on any atom is -0.493 e. The second-order valence-electron chi connectivity index (χ2n) is 2.98. The fraction of sp³-hybridized carbons (Fsp3) is 0.364. The van der Waals surface area contributed by atoms with Crippen molar-refractivity contribution in [2.45, 2.75) is 13.0 Å². The molecule has 0 spiro atoms. The van der Waals surface area contributed by atoms with Gasteiger partial charge in [-0.05, 0) is 13.0 Å². The third-order valence-electron chi connectivity index (χ3n) is 2.13. The van der Waals surface area contributed by atoms with Crippen LogP contribution in [0.2, 0.25) is 0 Å². The summed E-state index contributed by atoms with van der Waals surface area (Å²) in [6.45, 7) is 1.79. The molecule has 0 amide bonds. The van der Waals surface area contributed by atoms with E-state index in [0.717, 1.165) is 5.56 Å². The monoisotopic (exact) mass is 207 g/mol. The molecule has 0 aliphatic carbocycles. The number of para-hydroxylation sites is 1. The molecule has 1 unspecified atom stereocenters. The van der Waals surface area contributed by atoms with Crippen molar-refractivity contribution >= 4 is 6.08 Å². The number of rotatable bonds is 4. The minimum atomic E-state index is -0.285. The zero-order chi connectivity index (χ0) is 11.3. The van der Waals surface area contributed by atoms with Gasteiger partial charge in [-0.3, -0.25) is 0 Å². The van der Waals surface area contributed by atoms with E-state index in [2.05, 4.69) is 4.99 Å². The molecule has 0 heterocycles. The Bertz CT molecular complexity index is 383. The molecule has 0 N–H and O–H groups in total. The summed E-state index contributed by atoms with van der Waals surface area (Å²) >= 11 is 0. The Kier molecular flexibility index (Phi) is 3.89. The van der Waals surface area contributed by atoms with Crippen LogP contribution in [0, 0.1) is 0 Å². The zero-order valence-corrected chi connectivity index (χ0v) is 8.98. The van der Waals surface area contributed by atoms with Crippen molar-refractivity contribution in [3.63, 3.8) is 0 Å². The lowest BCUT2D eigenvalue weighted by Gasteiger charge is -2.13. The number of isocyanates is 1. The maximum atomic E-state index is 10.2. The summed E-state index contributed by atoms with van der Waals surface area (Å²) in [5.41, 5.74) is 0.806. The summed E-state index contributed by atoms with van der Waals surface area (Å²) in [6, 6.07) is 5.17. The molecule has 1 aromatic rings. The Morgan fingerprint density at radius 1 is 1.33 bits per heavy atom. The van der Waals surface area contributed by atoms with E-state index in [4.69, 9.17) is 9.47 Å². The van der Waals surface area contributed by atoms with Crippen molar-refractivity contribution in [1.29, 1.82) is 0 Å². The normalized spacial score (nSPS) is 11.4. The molecule has 0 radical (unpaired) electrons. The van der Waals surface area contributed by atoms with Gasteiger partial charge >= 0.3 is 0 Å². The van der Waals surface area contributed by atoms with Crippen LogP contribution in [0.25, 0.3) is 0 Å². The molecule has 0 fully saturated rings. The van der Waals surface area contributed by atoms with Crippen LogP contribution in [0.15, 0.2) is 23.2 Å². The van der Waals surface area contributed by atoms with Gasteiger partial charge in [0.15, 0.2) is 11.5 Å². The van der Waals surface area contributed by atoms with Crippen molar-refractivity contribution in [3.05, 3.63) is 23.8 Å². The Balaban J connectivity index is 3.21. The first-order chi connectivity index (χ1) is 7.24. The molecule has 1 aromatic carbocycles. The third kappa shape index (κ3) is 2.36. The molecule has 4 heteroatoms. The van der Waals surface area contributed by atoms with Crippen LogP contribution in [0.5, 0.6) is 11.5 Å². The molecule has 0 saturated carbocycles. The second-order valence-corrected chi connectivity index (χ2v) is 2.98. The first-order valence-corrected chi connectivity index (χ1v) is 4.52. The summed E-state index contributed by atoms with van der Waals surface area (Å²) in [6.07, 6.45) is 1.53. The van der Waals surface area contributed by atoms with Gasteiger partial charge in [0, 0.05) is 5.56 Å². The lowest BCUT2D eigenvalue weighted by molar-refractivity contribution is 0.350. The van der Waals surface area contributed by atoms with Gasteiger partial charge in [0.2, 0.25) is 6.08 Å². The summed E-state index contributed by atoms with van der Waals surface area (Å²) in [4.78, 5) is 13.8. The SMILES string of the molecule is COc1cccc(C(C)N=C=O)c1OC. The number of carbonyl (C=O) groups excluding carboxylic acids is 1. The van der Waals surface area contributed by atoms with E-state index in [9.17, 15) is 4.79 Å². The van der Waals surface area contributed by atoms with E-state index in [1.54, 1.807) is 27.2 Å². The van der Waals surface area contributed by atoms with E-state index in [1.807, 2.05) is 12.1 Å². The number of methoxy groups -OCH3 is 2. The van der Waals surface area contributed by atoms with Crippen molar-refractivity contribution in [2.75, 3.05) is 14.2 Å². The van der Waals surface area contributed by atoms with Gasteiger partial charge in [0.1, 0.15) is 0 Å². The smallest absolute Gasteiger partial charge is 0.235 e. The van der Waals surface area contributed by atoms with Crippen LogP contribution in [-0.4, -0.2) is 20.3 Å². The summed E-state index contributed by atoms with van der Waals surface area (Å²) < 4.78 is 10.4. The highest BCUT2D eigenvalue weighted by Gasteiger charge is 2.14. The van der Waals surface area contributed by atoms with Crippen molar-refractivity contribution in [1.82, 2.24) is 0 Å². The number of nitrogens with zero attached hydrogens (tertiary/aromatic N) is 1. The average Bonchev–Trinajstić information content (AvgIpc) is 2.28. The molecule has 0 aromatic heterocycles. The summed E-state index contributed by atoms with van der Waals surface area (Å²) in [7, 11) is 3.12. The number of hydrogen-bond donors (Lipinski definition) is 0. The van der Waals surface area contributed by atoms with Crippen molar-refractivity contribution in [3.8, 4) is 11.5 Å². The van der Waals surface area contributed by atoms with E-state index in [1.165, 1.54) is 6.08 Å². The van der Waals surface area contributed by atoms with Crippen LogP contribution in [0.1, 0.15) is 18.5 Å². The van der Waals surface area contributed by atoms with Crippen molar-refractivity contribution < 1.29 is 14.3 Å². The van der Waals surface area contributed by atoms with Crippen LogP contribution >= 0.6 is 0 Å². The molecular formula is C11H13NO3. The standard InChI is InChI=1S/C11H13NO3/c1-8(12-7-13)9-5-4-6-10(14-2)11(9)15-3/h4-6,8H,1-3H3. The lowest BCUT2D eigenvalue weighted by atomic mass is 10.1. The van der Waals surface area contributed by atoms with Gasteiger partial charge in [-0.15, -0.1) is 0 Å². The van der Waals surface area contributed by atoms with Gasteiger partial charge < -0.3 is 9.47 Å². The molecule has 1 atom stereocenters. The van der Waals surface area contributed by atoms with Gasteiger partial charge in [-0.25, -0.2) is 4.79 Å². The van der Waals surface area contributed by atoms with E-state index < -0.39 is 0 Å². The highest BCUT2D eigenvalue weighted by atomic mass is 16.5. The Morgan fingerprint density at radius 2 is 2.07 bits per heavy atom. The summed E-state index contributed by atoms with van der Waals surface area (Å²) in [5.74, 6) is 1.23. The highest BCUT2D eigenvalue weighted by molar-refractivity contribution is 5.49. The Labute approximate surface area is 88.5 Å². The highest BCUT2D eigenvalue weighted by Crippen LogP contribution is 2.35. The molecule has 15 heavy (non-hydrogen) atoms. The first kappa shape index (κ1) is 11.3. The second kappa shape index (κ2) is 5.17. The molecule has 0 saturated heterocycles. The zero-order valence-electron chi connectivity index (χ0n) is 8.98. The molecule has 0 aliphatic heterocycles. The quantitative estimate of drug-likeness (QED) is 0.561. The topological polar surface area (TPSA) is 47.9 Å². The van der Waals surface area contributed by atoms with Gasteiger partial charge in [-0.1, -0.05) is 12.1 Å². The number of ether oxygens (including phenoxy) is 2. The largest absolute Gasteiger partial charge is 0.493 e. The van der Waals surface area contributed by atoms with Gasteiger partial charge in [-0.2, -0.15) is 4.99 Å². The fourth-order valence-corrected chi connectivity index (χ4v) is 1.39. The predicted molar refractivity (Wildman–Crippen MR) is 56.1 cm³/mol. The van der Waals surface area contributed by atoms with Gasteiger partial charge in [0.25, 0.3) is 0 Å². The third-order valence-corrected chi connectivity index (χ3v) is 2.13. The average molecular weight is 207 g/mol. The van der Waals surface area contributed by atoms with Crippen LogP contribution in [-0.2, 0) is 4.79 Å². The van der Waals surface area contributed by atoms with Crippen molar-refractivity contribution in [2.24, 2.45) is 4.99 Å². The number of hydrogen-bond acceptors (Lipinski definition) is 4. The molecule has 0 bridgehead atoms. The lowest BCUT2D eigenvalue weighted by Crippen LogP contribution is -1.98. The molecule has 80 valence electrons. The number of benzene rings is 1. The van der Waals surface area contributed by atoms with Gasteiger partial charge in [0.05, 0.1) is 20.3 Å². The first-order valence-electron chi connectivity index (χ1n) is 4.52. The molecule has 4 nitrogen and oxygen atoms in total. The van der Waals surface area contributed by atoms with E-state index in [0.29, 0.717) is 11.5 Å². The maximum Gasteiger partial charge on any atom is 0.235 e. The molecule has 0 aliphatic rings. The van der Waals surface area contributed by atoms with Crippen LogP contribution in [0.4, 0.5) is 0 Å².